The third-order valence-electron chi connectivity index (χ3n) is 4.92. The van der Waals surface area contributed by atoms with Crippen LogP contribution in [-0.2, 0) is 22.3 Å². The van der Waals surface area contributed by atoms with Gasteiger partial charge in [0.05, 0.1) is 29.3 Å². The Morgan fingerprint density at radius 3 is 2.40 bits per heavy atom. The van der Waals surface area contributed by atoms with E-state index in [2.05, 4.69) is 14.9 Å². The lowest BCUT2D eigenvalue weighted by molar-refractivity contribution is 0.414. The molecule has 0 spiro atoms. The quantitative estimate of drug-likeness (QED) is 0.276. The van der Waals surface area contributed by atoms with Crippen molar-refractivity contribution in [3.63, 3.8) is 0 Å². The average molecular weight is 553 g/mol. The fourth-order valence-electron chi connectivity index (χ4n) is 3.14. The lowest BCUT2D eigenvalue weighted by atomic mass is 10.2. The third kappa shape index (κ3) is 6.14. The van der Waals surface area contributed by atoms with Crippen molar-refractivity contribution in [3.05, 3.63) is 94.0 Å². The maximum absolute atomic E-state index is 13.2. The van der Waals surface area contributed by atoms with Crippen LogP contribution in [0.15, 0.2) is 76.8 Å². The Morgan fingerprint density at radius 1 is 1.03 bits per heavy atom. The molecule has 1 aromatic heterocycles. The SMILES string of the molecule is COc1ccc(S(=O)(=O)NCc2nnc(SCc3ccc(F)cc3)n2-c2ccc(Cl)cc2Cl)cc1. The lowest BCUT2D eigenvalue weighted by Crippen LogP contribution is -2.25. The molecule has 0 bridgehead atoms. The zero-order valence-corrected chi connectivity index (χ0v) is 21.4. The van der Waals surface area contributed by atoms with Gasteiger partial charge in [0.15, 0.2) is 11.0 Å². The van der Waals surface area contributed by atoms with Crippen LogP contribution >= 0.6 is 35.0 Å². The van der Waals surface area contributed by atoms with Crippen molar-refractivity contribution >= 4 is 45.0 Å². The highest BCUT2D eigenvalue weighted by Crippen LogP contribution is 2.31. The van der Waals surface area contributed by atoms with Crippen LogP contribution in [0.5, 0.6) is 5.75 Å². The van der Waals surface area contributed by atoms with E-state index in [4.69, 9.17) is 27.9 Å². The Bertz CT molecular complexity index is 1430. The summed E-state index contributed by atoms with van der Waals surface area (Å²) in [5.41, 5.74) is 1.43. The van der Waals surface area contributed by atoms with Crippen molar-refractivity contribution in [3.8, 4) is 11.4 Å². The minimum atomic E-state index is -3.83. The summed E-state index contributed by atoms with van der Waals surface area (Å²) in [6, 6.07) is 17.1. The highest BCUT2D eigenvalue weighted by molar-refractivity contribution is 7.98. The molecule has 1 N–H and O–H groups in total. The topological polar surface area (TPSA) is 86.1 Å². The monoisotopic (exact) mass is 552 g/mol. The largest absolute Gasteiger partial charge is 0.497 e. The van der Waals surface area contributed by atoms with Crippen LogP contribution in [0.3, 0.4) is 0 Å². The number of thioether (sulfide) groups is 1. The average Bonchev–Trinajstić information content (AvgIpc) is 3.25. The fraction of sp³-hybridized carbons (Fsp3) is 0.130. The fourth-order valence-corrected chi connectivity index (χ4v) is 5.53. The second kappa shape index (κ2) is 11.0. The van der Waals surface area contributed by atoms with Crippen LogP contribution in [0.4, 0.5) is 4.39 Å². The number of halogens is 3. The molecule has 1 heterocycles. The number of nitrogens with zero attached hydrogens (tertiary/aromatic N) is 3. The van der Waals surface area contributed by atoms with Crippen LogP contribution in [0, 0.1) is 5.82 Å². The van der Waals surface area contributed by atoms with E-state index < -0.39 is 10.0 Å². The van der Waals surface area contributed by atoms with Gasteiger partial charge in [0.2, 0.25) is 10.0 Å². The summed E-state index contributed by atoms with van der Waals surface area (Å²) in [5.74, 6) is 1.04. The standard InChI is InChI=1S/C23H19Cl2FN4O3S2/c1-33-18-7-9-19(10-8-18)35(31,32)27-13-22-28-29-23(34-14-15-2-5-17(26)6-3-15)30(22)21-11-4-16(24)12-20(21)25/h2-12,27H,13-14H2,1H3. The van der Waals surface area contributed by atoms with Crippen LogP contribution in [0.2, 0.25) is 10.0 Å². The molecule has 3 aromatic carbocycles. The van der Waals surface area contributed by atoms with Gasteiger partial charge in [-0.3, -0.25) is 4.57 Å². The predicted octanol–water partition coefficient (Wildman–Crippen LogP) is 5.49. The number of hydrogen-bond acceptors (Lipinski definition) is 6. The summed E-state index contributed by atoms with van der Waals surface area (Å²) in [6.07, 6.45) is 0. The Labute approximate surface area is 216 Å². The molecule has 0 aliphatic rings. The molecule has 0 saturated carbocycles. The van der Waals surface area contributed by atoms with Gasteiger partial charge in [-0.1, -0.05) is 47.1 Å². The Morgan fingerprint density at radius 2 is 1.74 bits per heavy atom. The van der Waals surface area contributed by atoms with Gasteiger partial charge < -0.3 is 4.74 Å². The molecule has 0 amide bonds. The van der Waals surface area contributed by atoms with E-state index in [1.807, 2.05) is 0 Å². The van der Waals surface area contributed by atoms with Crippen molar-refractivity contribution in [1.82, 2.24) is 19.5 Å². The predicted molar refractivity (Wildman–Crippen MR) is 134 cm³/mol. The van der Waals surface area contributed by atoms with Crippen molar-refractivity contribution in [2.24, 2.45) is 0 Å². The number of methoxy groups -OCH3 is 1. The number of aromatic nitrogens is 3. The zero-order chi connectivity index (χ0) is 25.0. The zero-order valence-electron chi connectivity index (χ0n) is 18.3. The summed E-state index contributed by atoms with van der Waals surface area (Å²) >= 11 is 13.9. The summed E-state index contributed by atoms with van der Waals surface area (Å²) in [7, 11) is -2.33. The van der Waals surface area contributed by atoms with Crippen LogP contribution in [0.25, 0.3) is 5.69 Å². The molecule has 4 rings (SSSR count). The van der Waals surface area contributed by atoms with E-state index in [1.54, 1.807) is 47.0 Å². The number of ether oxygens (including phenoxy) is 1. The summed E-state index contributed by atoms with van der Waals surface area (Å²) in [5, 5.41) is 9.73. The van der Waals surface area contributed by atoms with Gasteiger partial charge in [-0.2, -0.15) is 0 Å². The van der Waals surface area contributed by atoms with Gasteiger partial charge in [0, 0.05) is 10.8 Å². The van der Waals surface area contributed by atoms with Crippen molar-refractivity contribution in [2.75, 3.05) is 7.11 Å². The smallest absolute Gasteiger partial charge is 0.240 e. The lowest BCUT2D eigenvalue weighted by Gasteiger charge is -2.13. The van der Waals surface area contributed by atoms with Gasteiger partial charge in [-0.05, 0) is 60.2 Å². The second-order valence-corrected chi connectivity index (χ2v) is 10.8. The first kappa shape index (κ1) is 25.5. The first-order chi connectivity index (χ1) is 16.8. The van der Waals surface area contributed by atoms with Gasteiger partial charge in [0.25, 0.3) is 0 Å². The molecule has 4 aromatic rings. The van der Waals surface area contributed by atoms with E-state index in [9.17, 15) is 12.8 Å². The molecular formula is C23H19Cl2FN4O3S2. The molecular weight excluding hydrogens is 534 g/mol. The number of sulfonamides is 1. The van der Waals surface area contributed by atoms with E-state index in [1.165, 1.54) is 43.1 Å². The minimum absolute atomic E-state index is 0.0831. The molecule has 0 radical (unpaired) electrons. The number of nitrogens with one attached hydrogen (secondary N) is 1. The molecule has 7 nitrogen and oxygen atoms in total. The minimum Gasteiger partial charge on any atom is -0.497 e. The van der Waals surface area contributed by atoms with Gasteiger partial charge in [0.1, 0.15) is 11.6 Å². The van der Waals surface area contributed by atoms with Gasteiger partial charge in [-0.25, -0.2) is 17.5 Å². The van der Waals surface area contributed by atoms with E-state index in [0.717, 1.165) is 5.56 Å². The molecule has 0 atom stereocenters. The van der Waals surface area contributed by atoms with Crippen molar-refractivity contribution in [1.29, 1.82) is 0 Å². The van der Waals surface area contributed by atoms with Crippen molar-refractivity contribution < 1.29 is 17.5 Å². The van der Waals surface area contributed by atoms with Crippen molar-refractivity contribution in [2.45, 2.75) is 22.3 Å². The van der Waals surface area contributed by atoms with E-state index >= 15 is 0 Å². The summed E-state index contributed by atoms with van der Waals surface area (Å²) in [4.78, 5) is 0.0831. The molecule has 0 unspecified atom stereocenters. The van der Waals surface area contributed by atoms with Gasteiger partial charge >= 0.3 is 0 Å². The first-order valence-corrected chi connectivity index (χ1v) is 13.4. The maximum atomic E-state index is 13.2. The molecule has 0 saturated heterocycles. The van der Waals surface area contributed by atoms with Crippen LogP contribution < -0.4 is 9.46 Å². The molecule has 0 aliphatic heterocycles. The molecule has 182 valence electrons. The molecule has 35 heavy (non-hydrogen) atoms. The first-order valence-electron chi connectivity index (χ1n) is 10.2. The molecule has 0 aliphatic carbocycles. The molecule has 12 heteroatoms. The van der Waals surface area contributed by atoms with Gasteiger partial charge in [-0.15, -0.1) is 10.2 Å². The Kier molecular flexibility index (Phi) is 7.98. The van der Waals surface area contributed by atoms with E-state index in [0.29, 0.717) is 38.2 Å². The normalized spacial score (nSPS) is 11.5. The maximum Gasteiger partial charge on any atom is 0.240 e. The van der Waals surface area contributed by atoms with Crippen LogP contribution in [-0.4, -0.2) is 30.3 Å². The Hall–Kier alpha value is -2.63. The number of benzene rings is 3. The van der Waals surface area contributed by atoms with Crippen LogP contribution in [0.1, 0.15) is 11.4 Å². The number of hydrogen-bond donors (Lipinski definition) is 1. The summed E-state index contributed by atoms with van der Waals surface area (Å²) in [6.45, 7) is -0.141. The van der Waals surface area contributed by atoms with E-state index in [-0.39, 0.29) is 17.3 Å². The second-order valence-electron chi connectivity index (χ2n) is 7.25. The highest BCUT2D eigenvalue weighted by atomic mass is 35.5. The number of rotatable bonds is 9. The summed E-state index contributed by atoms with van der Waals surface area (Å²) < 4.78 is 48.2. The Balaban J connectivity index is 1.62. The highest BCUT2D eigenvalue weighted by Gasteiger charge is 2.20. The molecule has 0 fully saturated rings. The third-order valence-corrected chi connectivity index (χ3v) is 7.88.